The number of carbonyl (C=O) groups excluding carboxylic acids is 1. The topological polar surface area (TPSA) is 70.6 Å². The molecule has 0 atom stereocenters. The smallest absolute Gasteiger partial charge is 0.317 e. The Kier molecular flexibility index (Phi) is 8.09. The van der Waals surface area contributed by atoms with Crippen LogP contribution in [0.1, 0.15) is 49.3 Å². The Hall–Kier alpha value is -2.38. The van der Waals surface area contributed by atoms with Gasteiger partial charge >= 0.3 is 6.03 Å². The first-order chi connectivity index (χ1) is 14.9. The third-order valence-corrected chi connectivity index (χ3v) is 5.59. The van der Waals surface area contributed by atoms with E-state index in [1.165, 1.54) is 0 Å². The van der Waals surface area contributed by atoms with Crippen LogP contribution in [0.5, 0.6) is 0 Å². The van der Waals surface area contributed by atoms with Crippen LogP contribution in [0.3, 0.4) is 0 Å². The number of piperazine rings is 1. The van der Waals surface area contributed by atoms with Gasteiger partial charge in [-0.15, -0.1) is 0 Å². The number of nitrogens with one attached hydrogen (secondary N) is 1. The molecule has 1 aliphatic heterocycles. The largest absolute Gasteiger partial charge is 0.378 e. The first-order valence-electron chi connectivity index (χ1n) is 10.8. The van der Waals surface area contributed by atoms with E-state index in [1.54, 1.807) is 7.11 Å². The first kappa shape index (κ1) is 23.3. The summed E-state index contributed by atoms with van der Waals surface area (Å²) in [6, 6.07) is 7.87. The molecular formula is C23H32ClN5O2. The van der Waals surface area contributed by atoms with Crippen molar-refractivity contribution in [3.63, 3.8) is 0 Å². The molecule has 7 nitrogen and oxygen atoms in total. The summed E-state index contributed by atoms with van der Waals surface area (Å²) in [6.45, 7) is 9.94. The molecule has 0 spiro atoms. The molecule has 1 N–H and O–H groups in total. The average molecular weight is 446 g/mol. The molecule has 0 radical (unpaired) electrons. The summed E-state index contributed by atoms with van der Waals surface area (Å²) in [5.41, 5.74) is 3.07. The van der Waals surface area contributed by atoms with Crippen molar-refractivity contribution in [2.75, 3.05) is 44.7 Å². The molecule has 31 heavy (non-hydrogen) atoms. The monoisotopic (exact) mass is 445 g/mol. The predicted molar refractivity (Wildman–Crippen MR) is 124 cm³/mol. The summed E-state index contributed by atoms with van der Waals surface area (Å²) < 4.78 is 5.49. The SMILES string of the molecule is CCNC(=O)N1CCN(c2nc(C(C)C)nc(COC)c2Cc2cccc(Cl)c2)CC1. The molecule has 1 saturated heterocycles. The average Bonchev–Trinajstić information content (AvgIpc) is 2.75. The molecule has 0 bridgehead atoms. The number of carbonyl (C=O) groups is 1. The highest BCUT2D eigenvalue weighted by Gasteiger charge is 2.26. The summed E-state index contributed by atoms with van der Waals surface area (Å²) in [5, 5.41) is 3.59. The molecule has 168 valence electrons. The Bertz CT molecular complexity index is 898. The molecule has 1 aromatic heterocycles. The van der Waals surface area contributed by atoms with E-state index in [9.17, 15) is 4.79 Å². The Balaban J connectivity index is 1.95. The standard InChI is InChI=1S/C23H32ClN5O2/c1-5-25-23(30)29-11-9-28(10-12-29)22-19(14-17-7-6-8-18(24)13-17)20(15-31-4)26-21(27-22)16(2)3/h6-8,13,16H,5,9-12,14-15H2,1-4H3,(H,25,30). The maximum atomic E-state index is 12.2. The van der Waals surface area contributed by atoms with Gasteiger partial charge in [-0.25, -0.2) is 14.8 Å². The third-order valence-electron chi connectivity index (χ3n) is 5.35. The van der Waals surface area contributed by atoms with E-state index in [1.807, 2.05) is 30.0 Å². The maximum Gasteiger partial charge on any atom is 0.317 e. The molecule has 3 rings (SSSR count). The number of nitrogens with zero attached hydrogens (tertiary/aromatic N) is 4. The van der Waals surface area contributed by atoms with Crippen LogP contribution in [0, 0.1) is 0 Å². The number of hydrogen-bond donors (Lipinski definition) is 1. The Morgan fingerprint density at radius 1 is 1.23 bits per heavy atom. The summed E-state index contributed by atoms with van der Waals surface area (Å²) >= 11 is 6.23. The van der Waals surface area contributed by atoms with Crippen LogP contribution >= 0.6 is 11.6 Å². The fourth-order valence-corrected chi connectivity index (χ4v) is 3.94. The van der Waals surface area contributed by atoms with Crippen molar-refractivity contribution in [2.24, 2.45) is 0 Å². The number of halogens is 1. The van der Waals surface area contributed by atoms with Gasteiger partial charge in [-0.2, -0.15) is 0 Å². The normalized spacial score (nSPS) is 14.3. The van der Waals surface area contributed by atoms with Crippen molar-refractivity contribution < 1.29 is 9.53 Å². The van der Waals surface area contributed by atoms with E-state index in [4.69, 9.17) is 26.3 Å². The van der Waals surface area contributed by atoms with E-state index < -0.39 is 0 Å². The molecule has 1 aromatic carbocycles. The number of methoxy groups -OCH3 is 1. The van der Waals surface area contributed by atoms with Crippen LogP contribution in [0.15, 0.2) is 24.3 Å². The third kappa shape index (κ3) is 5.86. The van der Waals surface area contributed by atoms with Crippen LogP contribution in [-0.2, 0) is 17.8 Å². The van der Waals surface area contributed by atoms with E-state index >= 15 is 0 Å². The van der Waals surface area contributed by atoms with Gasteiger partial charge < -0.3 is 19.9 Å². The number of urea groups is 1. The Morgan fingerprint density at radius 2 is 1.97 bits per heavy atom. The second-order valence-corrected chi connectivity index (χ2v) is 8.47. The minimum Gasteiger partial charge on any atom is -0.378 e. The van der Waals surface area contributed by atoms with Gasteiger partial charge in [-0.1, -0.05) is 37.6 Å². The van der Waals surface area contributed by atoms with Crippen LogP contribution in [-0.4, -0.2) is 60.7 Å². The minimum atomic E-state index is -0.00747. The summed E-state index contributed by atoms with van der Waals surface area (Å²) in [4.78, 5) is 26.1. The van der Waals surface area contributed by atoms with Crippen LogP contribution < -0.4 is 10.2 Å². The summed E-state index contributed by atoms with van der Waals surface area (Å²) in [5.74, 6) is 1.94. The number of anilines is 1. The van der Waals surface area contributed by atoms with E-state index in [0.29, 0.717) is 37.7 Å². The van der Waals surface area contributed by atoms with Crippen molar-refractivity contribution in [1.82, 2.24) is 20.2 Å². The lowest BCUT2D eigenvalue weighted by Gasteiger charge is -2.36. The molecule has 8 heteroatoms. The molecule has 2 heterocycles. The highest BCUT2D eigenvalue weighted by atomic mass is 35.5. The van der Waals surface area contributed by atoms with E-state index in [-0.39, 0.29) is 11.9 Å². The lowest BCUT2D eigenvalue weighted by atomic mass is 10.0. The highest BCUT2D eigenvalue weighted by molar-refractivity contribution is 6.30. The van der Waals surface area contributed by atoms with Gasteiger partial charge in [-0.05, 0) is 24.6 Å². The van der Waals surface area contributed by atoms with Gasteiger partial charge in [0.2, 0.25) is 0 Å². The molecule has 0 saturated carbocycles. The Morgan fingerprint density at radius 3 is 2.58 bits per heavy atom. The van der Waals surface area contributed by atoms with Gasteiger partial charge in [0.05, 0.1) is 12.3 Å². The number of benzene rings is 1. The zero-order chi connectivity index (χ0) is 22.4. The van der Waals surface area contributed by atoms with Crippen molar-refractivity contribution in [2.45, 2.75) is 39.7 Å². The first-order valence-corrected chi connectivity index (χ1v) is 11.2. The molecule has 1 fully saturated rings. The summed E-state index contributed by atoms with van der Waals surface area (Å²) in [6.07, 6.45) is 0.670. The minimum absolute atomic E-state index is 0.00747. The van der Waals surface area contributed by atoms with Crippen molar-refractivity contribution in [1.29, 1.82) is 0 Å². The van der Waals surface area contributed by atoms with Crippen LogP contribution in [0.25, 0.3) is 0 Å². The second kappa shape index (κ2) is 10.8. The molecule has 2 aromatic rings. The maximum absolute atomic E-state index is 12.2. The van der Waals surface area contributed by atoms with Gasteiger partial charge in [0.1, 0.15) is 11.6 Å². The quantitative estimate of drug-likeness (QED) is 0.701. The number of hydrogen-bond acceptors (Lipinski definition) is 5. The van der Waals surface area contributed by atoms with E-state index in [2.05, 4.69) is 30.1 Å². The lowest BCUT2D eigenvalue weighted by Crippen LogP contribution is -2.52. The van der Waals surface area contributed by atoms with Gasteiger partial charge in [0, 0.05) is 62.8 Å². The lowest BCUT2D eigenvalue weighted by molar-refractivity contribution is 0.180. The van der Waals surface area contributed by atoms with Gasteiger partial charge in [0.25, 0.3) is 0 Å². The van der Waals surface area contributed by atoms with Crippen molar-refractivity contribution in [3.8, 4) is 0 Å². The number of rotatable bonds is 7. The van der Waals surface area contributed by atoms with E-state index in [0.717, 1.165) is 41.6 Å². The molecule has 1 aliphatic rings. The molecular weight excluding hydrogens is 414 g/mol. The van der Waals surface area contributed by atoms with Crippen LogP contribution in [0.2, 0.25) is 5.02 Å². The fourth-order valence-electron chi connectivity index (χ4n) is 3.73. The second-order valence-electron chi connectivity index (χ2n) is 8.03. The summed E-state index contributed by atoms with van der Waals surface area (Å²) in [7, 11) is 1.69. The van der Waals surface area contributed by atoms with Gasteiger partial charge in [-0.3, -0.25) is 0 Å². The zero-order valence-electron chi connectivity index (χ0n) is 18.8. The zero-order valence-corrected chi connectivity index (χ0v) is 19.6. The number of amides is 2. The van der Waals surface area contributed by atoms with Crippen molar-refractivity contribution in [3.05, 3.63) is 51.9 Å². The van der Waals surface area contributed by atoms with Crippen LogP contribution in [0.4, 0.5) is 10.6 Å². The number of aromatic nitrogens is 2. The van der Waals surface area contributed by atoms with Crippen molar-refractivity contribution >= 4 is 23.4 Å². The predicted octanol–water partition coefficient (Wildman–Crippen LogP) is 3.84. The Labute approximate surface area is 189 Å². The highest BCUT2D eigenvalue weighted by Crippen LogP contribution is 2.28. The molecule has 0 unspecified atom stereocenters. The fraction of sp³-hybridized carbons (Fsp3) is 0.522. The molecule has 0 aliphatic carbocycles. The molecule has 2 amide bonds. The number of ether oxygens (including phenoxy) is 1. The van der Waals surface area contributed by atoms with Gasteiger partial charge in [0.15, 0.2) is 0 Å².